The molecule has 3 aromatic carbocycles. The van der Waals surface area contributed by atoms with Crippen LogP contribution in [-0.2, 0) is 16.0 Å². The molecule has 0 saturated heterocycles. The van der Waals surface area contributed by atoms with Crippen LogP contribution in [0.1, 0.15) is 21.5 Å². The molecule has 170 valence electrons. The van der Waals surface area contributed by atoms with Crippen molar-refractivity contribution < 1.29 is 14.4 Å². The van der Waals surface area contributed by atoms with Crippen molar-refractivity contribution in [3.63, 3.8) is 0 Å². The fourth-order valence-electron chi connectivity index (χ4n) is 3.34. The van der Waals surface area contributed by atoms with E-state index >= 15 is 0 Å². The maximum absolute atomic E-state index is 13.1. The van der Waals surface area contributed by atoms with Crippen LogP contribution in [0, 0.1) is 0 Å². The summed E-state index contributed by atoms with van der Waals surface area (Å²) in [6.45, 7) is -0.172. The van der Waals surface area contributed by atoms with Crippen molar-refractivity contribution in [1.29, 1.82) is 0 Å². The van der Waals surface area contributed by atoms with Crippen molar-refractivity contribution in [3.8, 4) is 0 Å². The number of hydrogen-bond donors (Lipinski definition) is 2. The SMILES string of the molecule is CN(CC(=O)NC(=O)[C@@H](N)Cc1ccccc1)c1ccc(Cl)cc1C(=O)c1ccccc1Cl. The second kappa shape index (κ2) is 11.1. The van der Waals surface area contributed by atoms with Crippen LogP contribution >= 0.6 is 23.2 Å². The predicted molar refractivity (Wildman–Crippen MR) is 131 cm³/mol. The number of likely N-dealkylation sites (N-methyl/N-ethyl adjacent to an activating group) is 1. The highest BCUT2D eigenvalue weighted by Gasteiger charge is 2.22. The van der Waals surface area contributed by atoms with Gasteiger partial charge in [0.1, 0.15) is 0 Å². The minimum atomic E-state index is -0.866. The summed E-state index contributed by atoms with van der Waals surface area (Å²) in [4.78, 5) is 39.6. The zero-order valence-electron chi connectivity index (χ0n) is 17.9. The van der Waals surface area contributed by atoms with Crippen molar-refractivity contribution in [2.24, 2.45) is 5.73 Å². The minimum absolute atomic E-state index is 0.172. The maximum Gasteiger partial charge on any atom is 0.246 e. The first kappa shape index (κ1) is 24.5. The van der Waals surface area contributed by atoms with Gasteiger partial charge in [0.05, 0.1) is 17.6 Å². The number of carbonyl (C=O) groups excluding carboxylic acids is 3. The quantitative estimate of drug-likeness (QED) is 0.474. The van der Waals surface area contributed by atoms with Gasteiger partial charge < -0.3 is 10.6 Å². The molecule has 0 unspecified atom stereocenters. The van der Waals surface area contributed by atoms with Crippen LogP contribution in [0.15, 0.2) is 72.8 Å². The van der Waals surface area contributed by atoms with Gasteiger partial charge in [-0.25, -0.2) is 0 Å². The number of benzene rings is 3. The Morgan fingerprint density at radius 1 is 0.939 bits per heavy atom. The van der Waals surface area contributed by atoms with Gasteiger partial charge in [0.25, 0.3) is 0 Å². The lowest BCUT2D eigenvalue weighted by molar-refractivity contribution is -0.130. The third-order valence-electron chi connectivity index (χ3n) is 5.01. The molecule has 6 nitrogen and oxygen atoms in total. The number of ketones is 1. The molecule has 0 aliphatic heterocycles. The van der Waals surface area contributed by atoms with Crippen LogP contribution in [-0.4, -0.2) is 37.2 Å². The van der Waals surface area contributed by atoms with Gasteiger partial charge in [0.2, 0.25) is 11.8 Å². The number of anilines is 1. The van der Waals surface area contributed by atoms with E-state index in [0.717, 1.165) is 5.56 Å². The van der Waals surface area contributed by atoms with Gasteiger partial charge >= 0.3 is 0 Å². The second-order valence-electron chi connectivity index (χ2n) is 7.54. The van der Waals surface area contributed by atoms with Crippen molar-refractivity contribution in [2.75, 3.05) is 18.5 Å². The highest BCUT2D eigenvalue weighted by atomic mass is 35.5. The number of nitrogens with two attached hydrogens (primary N) is 1. The molecule has 3 aromatic rings. The standard InChI is InChI=1S/C25H23Cl2N3O3/c1-30(15-23(31)29-25(33)21(28)13-16-7-3-2-4-8-16)22-12-11-17(26)14-19(22)24(32)18-9-5-6-10-20(18)27/h2-12,14,21H,13,15,28H2,1H3,(H,29,31,33)/t21-/m0/s1. The van der Waals surface area contributed by atoms with Crippen LogP contribution in [0.5, 0.6) is 0 Å². The van der Waals surface area contributed by atoms with Crippen molar-refractivity contribution in [2.45, 2.75) is 12.5 Å². The lowest BCUT2D eigenvalue weighted by Crippen LogP contribution is -2.47. The van der Waals surface area contributed by atoms with E-state index in [9.17, 15) is 14.4 Å². The van der Waals surface area contributed by atoms with Gasteiger partial charge in [0.15, 0.2) is 5.78 Å². The molecular formula is C25H23Cl2N3O3. The second-order valence-corrected chi connectivity index (χ2v) is 8.38. The smallest absolute Gasteiger partial charge is 0.246 e. The van der Waals surface area contributed by atoms with Crippen LogP contribution in [0.25, 0.3) is 0 Å². The first-order chi connectivity index (χ1) is 15.8. The van der Waals surface area contributed by atoms with Crippen molar-refractivity contribution in [1.82, 2.24) is 5.32 Å². The molecule has 8 heteroatoms. The lowest BCUT2D eigenvalue weighted by atomic mass is 10.0. The van der Waals surface area contributed by atoms with E-state index in [2.05, 4.69) is 5.32 Å². The summed E-state index contributed by atoms with van der Waals surface area (Å²) < 4.78 is 0. The van der Waals surface area contributed by atoms with E-state index in [1.54, 1.807) is 48.3 Å². The molecule has 1 atom stereocenters. The number of rotatable bonds is 8. The molecule has 0 fully saturated rings. The molecule has 33 heavy (non-hydrogen) atoms. The summed E-state index contributed by atoms with van der Waals surface area (Å²) in [5.41, 5.74) is 7.93. The molecule has 0 aliphatic carbocycles. The monoisotopic (exact) mass is 483 g/mol. The van der Waals surface area contributed by atoms with Gasteiger partial charge in [-0.15, -0.1) is 0 Å². The van der Waals surface area contributed by atoms with E-state index < -0.39 is 17.9 Å². The Hall–Kier alpha value is -3.19. The molecular weight excluding hydrogens is 461 g/mol. The highest BCUT2D eigenvalue weighted by molar-refractivity contribution is 6.35. The number of carbonyl (C=O) groups is 3. The number of halogens is 2. The van der Waals surface area contributed by atoms with Gasteiger partial charge in [-0.3, -0.25) is 19.7 Å². The molecule has 0 aromatic heterocycles. The molecule has 0 radical (unpaired) electrons. The molecule has 0 aliphatic rings. The zero-order chi connectivity index (χ0) is 24.0. The average Bonchev–Trinajstić information content (AvgIpc) is 2.79. The topological polar surface area (TPSA) is 92.5 Å². The summed E-state index contributed by atoms with van der Waals surface area (Å²) in [6, 6.07) is 19.9. The minimum Gasteiger partial charge on any atom is -0.365 e. The van der Waals surface area contributed by atoms with Crippen molar-refractivity contribution in [3.05, 3.63) is 99.5 Å². The van der Waals surface area contributed by atoms with E-state index in [1.807, 2.05) is 30.3 Å². The summed E-state index contributed by atoms with van der Waals surface area (Å²) in [5.74, 6) is -1.44. The predicted octanol–water partition coefficient (Wildman–Crippen LogP) is 3.87. The highest BCUT2D eigenvalue weighted by Crippen LogP contribution is 2.28. The van der Waals surface area contributed by atoms with E-state index in [-0.39, 0.29) is 17.9 Å². The first-order valence-electron chi connectivity index (χ1n) is 10.2. The molecule has 2 amide bonds. The van der Waals surface area contributed by atoms with Crippen LogP contribution in [0.4, 0.5) is 5.69 Å². The van der Waals surface area contributed by atoms with Gasteiger partial charge in [-0.05, 0) is 42.3 Å². The first-order valence-corrected chi connectivity index (χ1v) is 10.9. The Balaban J connectivity index is 1.70. The van der Waals surface area contributed by atoms with E-state index in [1.165, 1.54) is 6.07 Å². The fourth-order valence-corrected chi connectivity index (χ4v) is 3.74. The Bertz CT molecular complexity index is 1170. The Morgan fingerprint density at radius 3 is 2.30 bits per heavy atom. The van der Waals surface area contributed by atoms with Crippen LogP contribution in [0.2, 0.25) is 10.0 Å². The molecule has 3 rings (SSSR count). The van der Waals surface area contributed by atoms with Crippen molar-refractivity contribution >= 4 is 46.5 Å². The summed E-state index contributed by atoms with van der Waals surface area (Å²) in [7, 11) is 1.64. The number of hydrogen-bond acceptors (Lipinski definition) is 5. The number of nitrogens with zero attached hydrogens (tertiary/aromatic N) is 1. The maximum atomic E-state index is 13.1. The third-order valence-corrected chi connectivity index (χ3v) is 5.58. The van der Waals surface area contributed by atoms with E-state index in [4.69, 9.17) is 28.9 Å². The molecule has 0 saturated carbocycles. The Morgan fingerprint density at radius 2 is 1.61 bits per heavy atom. The molecule has 0 bridgehead atoms. The van der Waals surface area contributed by atoms with E-state index in [0.29, 0.717) is 27.7 Å². The number of imide groups is 1. The fraction of sp³-hybridized carbons (Fsp3) is 0.160. The van der Waals surface area contributed by atoms with Crippen LogP contribution < -0.4 is 16.0 Å². The summed E-state index contributed by atoms with van der Waals surface area (Å²) in [6.07, 6.45) is 0.309. The molecule has 0 spiro atoms. The molecule has 3 N–H and O–H groups in total. The van der Waals surface area contributed by atoms with Crippen LogP contribution in [0.3, 0.4) is 0 Å². The normalized spacial score (nSPS) is 11.5. The molecule has 0 heterocycles. The van der Waals surface area contributed by atoms with Gasteiger partial charge in [-0.2, -0.15) is 0 Å². The van der Waals surface area contributed by atoms with Gasteiger partial charge in [0, 0.05) is 28.9 Å². The third kappa shape index (κ3) is 6.42. The largest absolute Gasteiger partial charge is 0.365 e. The Labute approximate surface area is 202 Å². The Kier molecular flexibility index (Phi) is 8.22. The lowest BCUT2D eigenvalue weighted by Gasteiger charge is -2.22. The zero-order valence-corrected chi connectivity index (χ0v) is 19.4. The summed E-state index contributed by atoms with van der Waals surface area (Å²) in [5, 5.41) is 3.01. The van der Waals surface area contributed by atoms with Gasteiger partial charge in [-0.1, -0.05) is 65.7 Å². The summed E-state index contributed by atoms with van der Waals surface area (Å²) >= 11 is 12.3. The average molecular weight is 484 g/mol. The number of amides is 2. The number of nitrogens with one attached hydrogen (secondary N) is 1.